The Bertz CT molecular complexity index is 643. The lowest BCUT2D eigenvalue weighted by molar-refractivity contribution is -0.122. The Balaban J connectivity index is 1.90. The first kappa shape index (κ1) is 16.8. The van der Waals surface area contributed by atoms with Gasteiger partial charge in [-0.2, -0.15) is 0 Å². The summed E-state index contributed by atoms with van der Waals surface area (Å²) in [4.78, 5) is 11.7. The molecular weight excluding hydrogens is 346 g/mol. The molecule has 1 aromatic carbocycles. The largest absolute Gasteiger partial charge is 0.461 e. The van der Waals surface area contributed by atoms with Gasteiger partial charge in [0.15, 0.2) is 0 Å². The van der Waals surface area contributed by atoms with Crippen molar-refractivity contribution in [2.75, 3.05) is 6.54 Å². The van der Waals surface area contributed by atoms with Crippen LogP contribution in [-0.2, 0) is 11.2 Å². The molecule has 0 unspecified atom stereocenters. The lowest BCUT2D eigenvalue weighted by atomic mass is 10.1. The van der Waals surface area contributed by atoms with Crippen LogP contribution in [0.4, 0.5) is 0 Å². The maximum Gasteiger partial charge on any atom is 0.220 e. The highest BCUT2D eigenvalue weighted by Crippen LogP contribution is 2.29. The van der Waals surface area contributed by atoms with Gasteiger partial charge >= 0.3 is 0 Å². The van der Waals surface area contributed by atoms with Gasteiger partial charge in [0.25, 0.3) is 0 Å². The Hall–Kier alpha value is -1.59. The number of hydrogen-bond donors (Lipinski definition) is 2. The van der Waals surface area contributed by atoms with Crippen LogP contribution in [0.1, 0.15) is 26.0 Å². The summed E-state index contributed by atoms with van der Waals surface area (Å²) in [7, 11) is 0. The number of amides is 1. The van der Waals surface area contributed by atoms with Crippen LogP contribution in [0.15, 0.2) is 45.3 Å². The third-order valence-corrected chi connectivity index (χ3v) is 3.81. The highest BCUT2D eigenvalue weighted by atomic mass is 79.9. The number of hydrogen-bond acceptors (Lipinski definition) is 3. The van der Waals surface area contributed by atoms with Crippen molar-refractivity contribution in [1.82, 2.24) is 5.32 Å². The van der Waals surface area contributed by atoms with E-state index in [2.05, 4.69) is 21.2 Å². The van der Waals surface area contributed by atoms with Crippen LogP contribution in [0.3, 0.4) is 0 Å². The van der Waals surface area contributed by atoms with Gasteiger partial charge < -0.3 is 14.8 Å². The minimum absolute atomic E-state index is 0.0963. The van der Waals surface area contributed by atoms with Crippen molar-refractivity contribution < 1.29 is 14.3 Å². The molecule has 0 saturated carbocycles. The van der Waals surface area contributed by atoms with Crippen molar-refractivity contribution in [2.24, 2.45) is 0 Å². The van der Waals surface area contributed by atoms with E-state index < -0.39 is 5.60 Å². The van der Waals surface area contributed by atoms with Crippen LogP contribution in [0, 0.1) is 0 Å². The third-order valence-electron chi connectivity index (χ3n) is 3.12. The van der Waals surface area contributed by atoms with E-state index >= 15 is 0 Å². The van der Waals surface area contributed by atoms with E-state index in [9.17, 15) is 9.90 Å². The fourth-order valence-electron chi connectivity index (χ4n) is 1.96. The normalized spacial score (nSPS) is 11.5. The van der Waals surface area contributed by atoms with E-state index in [4.69, 9.17) is 4.42 Å². The van der Waals surface area contributed by atoms with Crippen molar-refractivity contribution in [3.8, 4) is 11.3 Å². The smallest absolute Gasteiger partial charge is 0.220 e. The van der Waals surface area contributed by atoms with E-state index in [0.29, 0.717) is 12.8 Å². The highest BCUT2D eigenvalue weighted by Gasteiger charge is 2.14. The second kappa shape index (κ2) is 7.11. The number of aryl methyl sites for hydroxylation is 1. The van der Waals surface area contributed by atoms with Crippen LogP contribution < -0.4 is 5.32 Å². The molecule has 2 aromatic rings. The molecule has 1 amide bonds. The molecule has 0 aliphatic rings. The Morgan fingerprint density at radius 3 is 2.68 bits per heavy atom. The van der Waals surface area contributed by atoms with Crippen molar-refractivity contribution >= 4 is 21.8 Å². The lowest BCUT2D eigenvalue weighted by Gasteiger charge is -2.17. The average molecular weight is 366 g/mol. The second-order valence-electron chi connectivity index (χ2n) is 5.83. The van der Waals surface area contributed by atoms with Gasteiger partial charge in [-0.3, -0.25) is 4.79 Å². The molecule has 0 saturated heterocycles. The number of carbonyl (C=O) groups is 1. The fourth-order valence-corrected chi connectivity index (χ4v) is 2.44. The predicted octanol–water partition coefficient (Wildman–Crippen LogP) is 3.53. The summed E-state index contributed by atoms with van der Waals surface area (Å²) < 4.78 is 6.76. The fraction of sp³-hybridized carbons (Fsp3) is 0.353. The minimum Gasteiger partial charge on any atom is -0.461 e. The lowest BCUT2D eigenvalue weighted by Crippen LogP contribution is -2.38. The molecule has 0 bridgehead atoms. The molecule has 4 nitrogen and oxygen atoms in total. The number of rotatable bonds is 6. The molecule has 5 heteroatoms. The summed E-state index contributed by atoms with van der Waals surface area (Å²) in [6.45, 7) is 3.56. The van der Waals surface area contributed by atoms with E-state index in [0.717, 1.165) is 21.6 Å². The van der Waals surface area contributed by atoms with Crippen LogP contribution in [-0.4, -0.2) is 23.2 Å². The van der Waals surface area contributed by atoms with Gasteiger partial charge in [-0.15, -0.1) is 0 Å². The van der Waals surface area contributed by atoms with Crippen molar-refractivity contribution in [1.29, 1.82) is 0 Å². The van der Waals surface area contributed by atoms with Crippen molar-refractivity contribution in [2.45, 2.75) is 32.3 Å². The second-order valence-corrected chi connectivity index (χ2v) is 6.69. The molecule has 0 spiro atoms. The van der Waals surface area contributed by atoms with Gasteiger partial charge in [-0.25, -0.2) is 0 Å². The predicted molar refractivity (Wildman–Crippen MR) is 89.5 cm³/mol. The molecule has 2 rings (SSSR count). The molecule has 0 atom stereocenters. The van der Waals surface area contributed by atoms with Crippen molar-refractivity contribution in [3.63, 3.8) is 0 Å². The molecule has 0 aliphatic carbocycles. The maximum atomic E-state index is 11.7. The zero-order valence-corrected chi connectivity index (χ0v) is 14.3. The first-order valence-corrected chi connectivity index (χ1v) is 7.97. The number of furan rings is 1. The molecule has 0 aliphatic heterocycles. The van der Waals surface area contributed by atoms with E-state index in [-0.39, 0.29) is 12.5 Å². The third kappa shape index (κ3) is 5.00. The van der Waals surface area contributed by atoms with Gasteiger partial charge in [0.05, 0.1) is 5.60 Å². The van der Waals surface area contributed by atoms with Gasteiger partial charge in [-0.05, 0) is 32.0 Å². The average Bonchev–Trinajstić information content (AvgIpc) is 2.91. The van der Waals surface area contributed by atoms with E-state index in [1.165, 1.54) is 0 Å². The number of benzene rings is 1. The minimum atomic E-state index is -0.896. The van der Waals surface area contributed by atoms with Gasteiger partial charge in [0, 0.05) is 29.4 Å². The van der Waals surface area contributed by atoms with Crippen LogP contribution in [0.2, 0.25) is 0 Å². The van der Waals surface area contributed by atoms with E-state index in [1.54, 1.807) is 13.8 Å². The summed E-state index contributed by atoms with van der Waals surface area (Å²) in [5.74, 6) is 1.45. The SMILES string of the molecule is CC(C)(O)CNC(=O)CCc1ccc(-c2ccccc2Br)o1. The zero-order valence-electron chi connectivity index (χ0n) is 12.7. The van der Waals surface area contributed by atoms with Gasteiger partial charge in [-0.1, -0.05) is 34.1 Å². The molecule has 118 valence electrons. The number of aliphatic hydroxyl groups is 1. The molecule has 1 heterocycles. The molecule has 22 heavy (non-hydrogen) atoms. The first-order chi connectivity index (χ1) is 10.3. The van der Waals surface area contributed by atoms with Crippen LogP contribution in [0.25, 0.3) is 11.3 Å². The van der Waals surface area contributed by atoms with Crippen LogP contribution >= 0.6 is 15.9 Å². The Morgan fingerprint density at radius 2 is 2.00 bits per heavy atom. The molecule has 0 radical (unpaired) electrons. The Kier molecular flexibility index (Phi) is 5.42. The Morgan fingerprint density at radius 1 is 1.27 bits per heavy atom. The van der Waals surface area contributed by atoms with Crippen LogP contribution in [0.5, 0.6) is 0 Å². The number of halogens is 1. The first-order valence-electron chi connectivity index (χ1n) is 7.18. The molecule has 2 N–H and O–H groups in total. The standard InChI is InChI=1S/C17H20BrNO3/c1-17(2,21)11-19-16(20)10-8-12-7-9-15(22-12)13-5-3-4-6-14(13)18/h3-7,9,21H,8,10-11H2,1-2H3,(H,19,20). The van der Waals surface area contributed by atoms with Crippen molar-refractivity contribution in [3.05, 3.63) is 46.6 Å². The molecule has 0 fully saturated rings. The quantitative estimate of drug-likeness (QED) is 0.822. The number of nitrogens with one attached hydrogen (secondary N) is 1. The maximum absolute atomic E-state index is 11.7. The number of carbonyl (C=O) groups excluding carboxylic acids is 1. The summed E-state index contributed by atoms with van der Waals surface area (Å²) in [5, 5.41) is 12.3. The van der Waals surface area contributed by atoms with Gasteiger partial charge in [0.2, 0.25) is 5.91 Å². The highest BCUT2D eigenvalue weighted by molar-refractivity contribution is 9.10. The van der Waals surface area contributed by atoms with Gasteiger partial charge in [0.1, 0.15) is 11.5 Å². The Labute approximate surface area is 138 Å². The molecular formula is C17H20BrNO3. The molecule has 1 aromatic heterocycles. The summed E-state index contributed by atoms with van der Waals surface area (Å²) >= 11 is 3.50. The zero-order chi connectivity index (χ0) is 16.2. The van der Waals surface area contributed by atoms with E-state index in [1.807, 2.05) is 36.4 Å². The summed E-state index contributed by atoms with van der Waals surface area (Å²) in [6.07, 6.45) is 0.862. The topological polar surface area (TPSA) is 62.5 Å². The summed E-state index contributed by atoms with van der Waals surface area (Å²) in [6, 6.07) is 11.6. The summed E-state index contributed by atoms with van der Waals surface area (Å²) in [5.41, 5.74) is 0.0906. The monoisotopic (exact) mass is 365 g/mol.